The van der Waals surface area contributed by atoms with Crippen LogP contribution < -0.4 is 11.1 Å². The third-order valence-corrected chi connectivity index (χ3v) is 3.62. The fourth-order valence-electron chi connectivity index (χ4n) is 1.61. The van der Waals surface area contributed by atoms with E-state index in [1.807, 2.05) is 18.7 Å². The fraction of sp³-hybridized carbons (Fsp3) is 0.900. The average Bonchev–Trinajstić information content (AvgIpc) is 2.19. The first-order valence-corrected chi connectivity index (χ1v) is 6.45. The predicted molar refractivity (Wildman–Crippen MR) is 61.3 cm³/mol. The molecule has 0 aromatic rings. The molecule has 3 nitrogen and oxygen atoms in total. The lowest BCUT2D eigenvalue weighted by molar-refractivity contribution is -0.122. The van der Waals surface area contributed by atoms with E-state index in [1.54, 1.807) is 0 Å². The van der Waals surface area contributed by atoms with E-state index < -0.39 is 0 Å². The van der Waals surface area contributed by atoms with Gasteiger partial charge in [0, 0.05) is 19.0 Å². The van der Waals surface area contributed by atoms with Crippen molar-refractivity contribution in [1.82, 2.24) is 5.32 Å². The summed E-state index contributed by atoms with van der Waals surface area (Å²) < 4.78 is 0. The molecule has 0 saturated carbocycles. The van der Waals surface area contributed by atoms with E-state index in [9.17, 15) is 4.79 Å². The highest BCUT2D eigenvalue weighted by Crippen LogP contribution is 2.24. The van der Waals surface area contributed by atoms with Crippen LogP contribution in [0, 0.1) is 5.92 Å². The minimum absolute atomic E-state index is 0.112. The average molecular weight is 216 g/mol. The third kappa shape index (κ3) is 4.33. The Morgan fingerprint density at radius 2 is 2.21 bits per heavy atom. The molecule has 1 amide bonds. The maximum atomic E-state index is 11.5. The zero-order valence-electron chi connectivity index (χ0n) is 8.79. The summed E-state index contributed by atoms with van der Waals surface area (Å²) in [5.41, 5.74) is 5.44. The highest BCUT2D eigenvalue weighted by atomic mass is 32.2. The van der Waals surface area contributed by atoms with Crippen molar-refractivity contribution in [3.8, 4) is 0 Å². The lowest BCUT2D eigenvalue weighted by Gasteiger charge is -2.21. The molecule has 0 aromatic carbocycles. The van der Waals surface area contributed by atoms with Crippen LogP contribution in [0.5, 0.6) is 0 Å². The van der Waals surface area contributed by atoms with Gasteiger partial charge in [0.1, 0.15) is 0 Å². The second kappa shape index (κ2) is 6.30. The zero-order valence-corrected chi connectivity index (χ0v) is 9.61. The summed E-state index contributed by atoms with van der Waals surface area (Å²) in [7, 11) is 0. The van der Waals surface area contributed by atoms with Crippen LogP contribution in [0.3, 0.4) is 0 Å². The molecule has 14 heavy (non-hydrogen) atoms. The van der Waals surface area contributed by atoms with Crippen LogP contribution in [0.4, 0.5) is 0 Å². The summed E-state index contributed by atoms with van der Waals surface area (Å²) in [5, 5.41) is 2.91. The number of rotatable bonds is 4. The lowest BCUT2D eigenvalue weighted by Crippen LogP contribution is -2.38. The summed E-state index contributed by atoms with van der Waals surface area (Å²) in [6.45, 7) is 2.46. The van der Waals surface area contributed by atoms with Gasteiger partial charge >= 0.3 is 0 Å². The number of nitrogens with one attached hydrogen (secondary N) is 1. The first-order valence-electron chi connectivity index (χ1n) is 5.29. The maximum Gasteiger partial charge on any atom is 0.220 e. The molecule has 0 spiro atoms. The van der Waals surface area contributed by atoms with E-state index in [2.05, 4.69) is 5.32 Å². The van der Waals surface area contributed by atoms with Gasteiger partial charge in [0.05, 0.1) is 0 Å². The molecule has 1 fully saturated rings. The number of hydrogen-bond donors (Lipinski definition) is 2. The molecule has 1 unspecified atom stereocenters. The second-order valence-corrected chi connectivity index (χ2v) is 5.19. The quantitative estimate of drug-likeness (QED) is 0.736. The number of amides is 1. The molecular weight excluding hydrogens is 196 g/mol. The van der Waals surface area contributed by atoms with Crippen molar-refractivity contribution >= 4 is 17.7 Å². The molecule has 1 saturated heterocycles. The van der Waals surface area contributed by atoms with Crippen LogP contribution >= 0.6 is 11.8 Å². The molecule has 0 aliphatic carbocycles. The van der Waals surface area contributed by atoms with Gasteiger partial charge in [0.15, 0.2) is 0 Å². The molecule has 1 aliphatic rings. The number of hydrogen-bond acceptors (Lipinski definition) is 3. The maximum absolute atomic E-state index is 11.5. The number of carbonyl (C=O) groups excluding carboxylic acids is 1. The lowest BCUT2D eigenvalue weighted by atomic mass is 9.98. The Hall–Kier alpha value is -0.220. The Labute approximate surface area is 90.2 Å². The van der Waals surface area contributed by atoms with Crippen LogP contribution in [-0.2, 0) is 4.79 Å². The van der Waals surface area contributed by atoms with Gasteiger partial charge in [0.2, 0.25) is 5.91 Å². The standard InChI is InChI=1S/C10H20N2OS/c1-8(7-11)12-10(13)6-9-2-4-14-5-3-9/h8-9H,2-7,11H2,1H3,(H,12,13). The van der Waals surface area contributed by atoms with Crippen molar-refractivity contribution in [2.24, 2.45) is 11.7 Å². The molecule has 0 bridgehead atoms. The number of thioether (sulfide) groups is 1. The summed E-state index contributed by atoms with van der Waals surface area (Å²) in [6.07, 6.45) is 3.06. The van der Waals surface area contributed by atoms with Crippen molar-refractivity contribution < 1.29 is 4.79 Å². The van der Waals surface area contributed by atoms with Crippen LogP contribution in [0.25, 0.3) is 0 Å². The molecule has 3 N–H and O–H groups in total. The van der Waals surface area contributed by atoms with Gasteiger partial charge < -0.3 is 11.1 Å². The fourth-order valence-corrected chi connectivity index (χ4v) is 2.81. The summed E-state index contributed by atoms with van der Waals surface area (Å²) in [6, 6.07) is 0.112. The van der Waals surface area contributed by atoms with E-state index in [-0.39, 0.29) is 11.9 Å². The zero-order chi connectivity index (χ0) is 10.4. The topological polar surface area (TPSA) is 55.1 Å². The monoisotopic (exact) mass is 216 g/mol. The van der Waals surface area contributed by atoms with E-state index >= 15 is 0 Å². The van der Waals surface area contributed by atoms with Crippen molar-refractivity contribution in [2.75, 3.05) is 18.1 Å². The van der Waals surface area contributed by atoms with Crippen molar-refractivity contribution in [1.29, 1.82) is 0 Å². The largest absolute Gasteiger partial charge is 0.352 e. The van der Waals surface area contributed by atoms with Crippen molar-refractivity contribution in [2.45, 2.75) is 32.2 Å². The molecule has 1 aliphatic heterocycles. The van der Waals surface area contributed by atoms with E-state index in [0.29, 0.717) is 18.9 Å². The highest BCUT2D eigenvalue weighted by molar-refractivity contribution is 7.99. The molecule has 1 rings (SSSR count). The minimum atomic E-state index is 0.112. The molecule has 0 aromatic heterocycles. The SMILES string of the molecule is CC(CN)NC(=O)CC1CCSCC1. The molecule has 0 radical (unpaired) electrons. The highest BCUT2D eigenvalue weighted by Gasteiger charge is 2.17. The van der Waals surface area contributed by atoms with Gasteiger partial charge in [-0.15, -0.1) is 0 Å². The second-order valence-electron chi connectivity index (χ2n) is 3.96. The van der Waals surface area contributed by atoms with Gasteiger partial charge in [0.25, 0.3) is 0 Å². The van der Waals surface area contributed by atoms with Crippen LogP contribution in [-0.4, -0.2) is 30.0 Å². The van der Waals surface area contributed by atoms with Gasteiger partial charge in [-0.1, -0.05) is 0 Å². The van der Waals surface area contributed by atoms with Crippen LogP contribution in [0.15, 0.2) is 0 Å². The smallest absolute Gasteiger partial charge is 0.220 e. The predicted octanol–water partition coefficient (Wildman–Crippen LogP) is 0.983. The van der Waals surface area contributed by atoms with E-state index in [1.165, 1.54) is 24.3 Å². The Kier molecular flexibility index (Phi) is 5.33. The molecule has 1 atom stereocenters. The van der Waals surface area contributed by atoms with Gasteiger partial charge in [-0.2, -0.15) is 11.8 Å². The summed E-state index contributed by atoms with van der Waals surface area (Å²) >= 11 is 1.99. The minimum Gasteiger partial charge on any atom is -0.352 e. The molecule has 1 heterocycles. The third-order valence-electron chi connectivity index (χ3n) is 2.58. The number of carbonyl (C=O) groups is 1. The van der Waals surface area contributed by atoms with Crippen LogP contribution in [0.1, 0.15) is 26.2 Å². The molecule has 82 valence electrons. The summed E-state index contributed by atoms with van der Waals surface area (Å²) in [5.74, 6) is 3.19. The number of nitrogens with two attached hydrogens (primary N) is 1. The van der Waals surface area contributed by atoms with Crippen LogP contribution in [0.2, 0.25) is 0 Å². The van der Waals surface area contributed by atoms with Gasteiger partial charge in [-0.05, 0) is 37.2 Å². The van der Waals surface area contributed by atoms with Crippen molar-refractivity contribution in [3.63, 3.8) is 0 Å². The van der Waals surface area contributed by atoms with E-state index in [0.717, 1.165) is 0 Å². The van der Waals surface area contributed by atoms with Gasteiger partial charge in [-0.25, -0.2) is 0 Å². The van der Waals surface area contributed by atoms with Crippen molar-refractivity contribution in [3.05, 3.63) is 0 Å². The summed E-state index contributed by atoms with van der Waals surface area (Å²) in [4.78, 5) is 11.5. The molecule has 4 heteroatoms. The van der Waals surface area contributed by atoms with E-state index in [4.69, 9.17) is 5.73 Å². The van der Waals surface area contributed by atoms with Gasteiger partial charge in [-0.3, -0.25) is 4.79 Å². The Balaban J connectivity index is 2.18. The normalized spacial score (nSPS) is 20.4. The Morgan fingerprint density at radius 3 is 2.79 bits per heavy atom. The first kappa shape index (κ1) is 11.9. The Morgan fingerprint density at radius 1 is 1.57 bits per heavy atom. The first-order chi connectivity index (χ1) is 6.72. The Bertz CT molecular complexity index is 181. The molecular formula is C10H20N2OS.